The molecule has 2 rings (SSSR count). The highest BCUT2D eigenvalue weighted by molar-refractivity contribution is 5.18. The molecule has 0 radical (unpaired) electrons. The molecule has 0 nitrogen and oxygen atoms in total. The van der Waals surface area contributed by atoms with E-state index < -0.39 is 0 Å². The normalized spacial score (nSPS) is 57.7. The molecule has 2 fully saturated rings. The minimum atomic E-state index is 0.613. The van der Waals surface area contributed by atoms with E-state index in [4.69, 9.17) is 0 Å². The zero-order chi connectivity index (χ0) is 10.0. The summed E-state index contributed by atoms with van der Waals surface area (Å²) >= 11 is 0. The molecule has 0 saturated heterocycles. The van der Waals surface area contributed by atoms with Crippen LogP contribution in [0.4, 0.5) is 0 Å². The Labute approximate surface area is 83.1 Å². The molecular weight excluding hydrogens is 156 g/mol. The molecule has 2 saturated carbocycles. The summed E-state index contributed by atoms with van der Waals surface area (Å²) in [5.41, 5.74) is 1.27. The summed E-state index contributed by atoms with van der Waals surface area (Å²) in [5, 5.41) is 0. The second kappa shape index (κ2) is 2.32. The molecular formula is C13H24. The quantitative estimate of drug-likeness (QED) is 0.573. The molecule has 0 aromatic heterocycles. The first-order valence-corrected chi connectivity index (χ1v) is 5.87. The van der Waals surface area contributed by atoms with Crippen LogP contribution in [0.3, 0.4) is 0 Å². The highest BCUT2D eigenvalue weighted by atomic mass is 14.7. The van der Waals surface area contributed by atoms with Crippen molar-refractivity contribution in [2.24, 2.45) is 34.5 Å². The van der Waals surface area contributed by atoms with Crippen LogP contribution in [0.2, 0.25) is 0 Å². The summed E-state index contributed by atoms with van der Waals surface area (Å²) in [4.78, 5) is 0. The molecule has 0 heterocycles. The van der Waals surface area contributed by atoms with Crippen LogP contribution >= 0.6 is 0 Å². The highest BCUT2D eigenvalue weighted by Crippen LogP contribution is 2.76. The van der Waals surface area contributed by atoms with Crippen LogP contribution in [0.1, 0.15) is 48.0 Å². The molecule has 0 aliphatic heterocycles. The first kappa shape index (κ1) is 9.55. The molecule has 0 bridgehead atoms. The van der Waals surface area contributed by atoms with Crippen LogP contribution in [0.15, 0.2) is 0 Å². The van der Waals surface area contributed by atoms with Gasteiger partial charge in [-0.2, -0.15) is 0 Å². The van der Waals surface area contributed by atoms with E-state index in [9.17, 15) is 0 Å². The van der Waals surface area contributed by atoms with Gasteiger partial charge in [0.25, 0.3) is 0 Å². The van der Waals surface area contributed by atoms with Crippen LogP contribution in [0.5, 0.6) is 0 Å². The molecule has 2 aliphatic rings. The standard InChI is InChI=1S/C13H24/c1-7-13(6)9(3)10-8(2)12(4,5)11(10)13/h8-11H,7H2,1-6H3. The van der Waals surface area contributed by atoms with Crippen LogP contribution in [0, 0.1) is 34.5 Å². The molecule has 5 atom stereocenters. The van der Waals surface area contributed by atoms with Crippen molar-refractivity contribution in [2.75, 3.05) is 0 Å². The van der Waals surface area contributed by atoms with Gasteiger partial charge in [-0.3, -0.25) is 0 Å². The Morgan fingerprint density at radius 1 is 1.00 bits per heavy atom. The van der Waals surface area contributed by atoms with Crippen molar-refractivity contribution in [1.82, 2.24) is 0 Å². The van der Waals surface area contributed by atoms with Crippen LogP contribution < -0.4 is 0 Å². The van der Waals surface area contributed by atoms with Crippen LogP contribution in [-0.4, -0.2) is 0 Å². The zero-order valence-electron chi connectivity index (χ0n) is 10.0. The summed E-state index contributed by atoms with van der Waals surface area (Å²) in [6.07, 6.45) is 1.37. The van der Waals surface area contributed by atoms with E-state index in [0.29, 0.717) is 10.8 Å². The summed E-state index contributed by atoms with van der Waals surface area (Å²) in [6, 6.07) is 0. The van der Waals surface area contributed by atoms with Crippen molar-refractivity contribution in [3.63, 3.8) is 0 Å². The maximum Gasteiger partial charge on any atom is -0.0264 e. The van der Waals surface area contributed by atoms with Gasteiger partial charge in [0.2, 0.25) is 0 Å². The first-order valence-electron chi connectivity index (χ1n) is 5.87. The van der Waals surface area contributed by atoms with Gasteiger partial charge in [-0.1, -0.05) is 48.0 Å². The Balaban J connectivity index is 2.23. The Hall–Kier alpha value is 0. The van der Waals surface area contributed by atoms with Gasteiger partial charge < -0.3 is 0 Å². The molecule has 0 amide bonds. The Morgan fingerprint density at radius 3 is 2.00 bits per heavy atom. The number of fused-ring (bicyclic) bond motifs is 1. The molecule has 0 aromatic carbocycles. The molecule has 0 spiro atoms. The second-order valence-corrected chi connectivity index (χ2v) is 6.31. The fourth-order valence-electron chi connectivity index (χ4n) is 4.60. The maximum atomic E-state index is 2.51. The van der Waals surface area contributed by atoms with Crippen LogP contribution in [0.25, 0.3) is 0 Å². The van der Waals surface area contributed by atoms with E-state index in [1.165, 1.54) is 6.42 Å². The topological polar surface area (TPSA) is 0 Å². The van der Waals surface area contributed by atoms with E-state index in [0.717, 1.165) is 23.7 Å². The summed E-state index contributed by atoms with van der Waals surface area (Å²) in [7, 11) is 0. The molecule has 5 unspecified atom stereocenters. The van der Waals surface area contributed by atoms with Crippen molar-refractivity contribution in [3.8, 4) is 0 Å². The molecule has 0 heteroatoms. The third-order valence-corrected chi connectivity index (χ3v) is 6.03. The predicted molar refractivity (Wildman–Crippen MR) is 57.5 cm³/mol. The third kappa shape index (κ3) is 0.789. The van der Waals surface area contributed by atoms with Crippen molar-refractivity contribution in [3.05, 3.63) is 0 Å². The monoisotopic (exact) mass is 180 g/mol. The molecule has 76 valence electrons. The van der Waals surface area contributed by atoms with Crippen molar-refractivity contribution in [2.45, 2.75) is 48.0 Å². The SMILES string of the molecule is CCC1(C)C(C)C2C(C)C(C)(C)C21. The Morgan fingerprint density at radius 2 is 1.54 bits per heavy atom. The van der Waals surface area contributed by atoms with Gasteiger partial charge in [0.05, 0.1) is 0 Å². The zero-order valence-corrected chi connectivity index (χ0v) is 10.0. The smallest absolute Gasteiger partial charge is 0.0264 e. The molecule has 0 aromatic rings. The average molecular weight is 180 g/mol. The van der Waals surface area contributed by atoms with Gasteiger partial charge in [0, 0.05) is 0 Å². The fourth-order valence-corrected chi connectivity index (χ4v) is 4.60. The van der Waals surface area contributed by atoms with Gasteiger partial charge >= 0.3 is 0 Å². The lowest BCUT2D eigenvalue weighted by molar-refractivity contribution is -0.289. The van der Waals surface area contributed by atoms with Crippen LogP contribution in [-0.2, 0) is 0 Å². The van der Waals surface area contributed by atoms with Crippen molar-refractivity contribution < 1.29 is 0 Å². The largest absolute Gasteiger partial charge is 0.0648 e. The van der Waals surface area contributed by atoms with Gasteiger partial charge in [0.15, 0.2) is 0 Å². The lowest BCUT2D eigenvalue weighted by atomic mass is 9.28. The Bertz CT molecular complexity index is 228. The minimum absolute atomic E-state index is 0.613. The Kier molecular flexibility index (Phi) is 1.71. The number of hydrogen-bond acceptors (Lipinski definition) is 0. The lowest BCUT2D eigenvalue weighted by Crippen LogP contribution is -2.71. The predicted octanol–water partition coefficient (Wildman–Crippen LogP) is 3.96. The summed E-state index contributed by atoms with van der Waals surface area (Å²) in [5.74, 6) is 3.97. The van der Waals surface area contributed by atoms with E-state index in [1.54, 1.807) is 0 Å². The third-order valence-electron chi connectivity index (χ3n) is 6.03. The maximum absolute atomic E-state index is 2.51. The molecule has 13 heavy (non-hydrogen) atoms. The molecule has 0 N–H and O–H groups in total. The second-order valence-electron chi connectivity index (χ2n) is 6.31. The molecule has 2 aliphatic carbocycles. The minimum Gasteiger partial charge on any atom is -0.0648 e. The van der Waals surface area contributed by atoms with Gasteiger partial charge in [0.1, 0.15) is 0 Å². The van der Waals surface area contributed by atoms with E-state index in [1.807, 2.05) is 0 Å². The van der Waals surface area contributed by atoms with Crippen molar-refractivity contribution in [1.29, 1.82) is 0 Å². The number of hydrogen-bond donors (Lipinski definition) is 0. The summed E-state index contributed by atoms with van der Waals surface area (Å²) < 4.78 is 0. The average Bonchev–Trinajstić information content (AvgIpc) is 2.10. The number of rotatable bonds is 1. The van der Waals surface area contributed by atoms with Gasteiger partial charge in [-0.15, -0.1) is 0 Å². The van der Waals surface area contributed by atoms with Gasteiger partial charge in [-0.25, -0.2) is 0 Å². The van der Waals surface area contributed by atoms with E-state index in [-0.39, 0.29) is 0 Å². The lowest BCUT2D eigenvalue weighted by Gasteiger charge is -2.76. The highest BCUT2D eigenvalue weighted by Gasteiger charge is 2.71. The van der Waals surface area contributed by atoms with E-state index >= 15 is 0 Å². The van der Waals surface area contributed by atoms with Gasteiger partial charge in [-0.05, 0) is 34.5 Å². The summed E-state index contributed by atoms with van der Waals surface area (Å²) in [6.45, 7) is 14.7. The van der Waals surface area contributed by atoms with Crippen molar-refractivity contribution >= 4 is 0 Å². The first-order chi connectivity index (χ1) is 5.87. The van der Waals surface area contributed by atoms with E-state index in [2.05, 4.69) is 41.5 Å². The fraction of sp³-hybridized carbons (Fsp3) is 1.00.